The van der Waals surface area contributed by atoms with Crippen molar-refractivity contribution in [1.29, 1.82) is 0 Å². The van der Waals surface area contributed by atoms with Crippen LogP contribution in [0.3, 0.4) is 0 Å². The predicted octanol–water partition coefficient (Wildman–Crippen LogP) is 6.27. The van der Waals surface area contributed by atoms with Gasteiger partial charge in [-0.05, 0) is 88.4 Å². The number of methoxy groups -OCH3 is 1. The summed E-state index contributed by atoms with van der Waals surface area (Å²) < 4.78 is 23.2. The quantitative estimate of drug-likeness (QED) is 0.145. The fraction of sp³-hybridized carbons (Fsp3) is 0.444. The lowest BCUT2D eigenvalue weighted by Crippen LogP contribution is -2.04. The van der Waals surface area contributed by atoms with Gasteiger partial charge in [0.25, 0.3) is 0 Å². The number of ether oxygens (including phenoxy) is 4. The van der Waals surface area contributed by atoms with Crippen LogP contribution >= 0.6 is 0 Å². The summed E-state index contributed by atoms with van der Waals surface area (Å²) in [5.41, 5.74) is 3.90. The van der Waals surface area contributed by atoms with Crippen LogP contribution in [-0.4, -0.2) is 39.8 Å². The van der Waals surface area contributed by atoms with E-state index in [0.717, 1.165) is 58.9 Å². The van der Waals surface area contributed by atoms with E-state index in [4.69, 9.17) is 23.8 Å². The topological polar surface area (TPSA) is 58.5 Å². The molecule has 33 heavy (non-hydrogen) atoms. The molecule has 0 bridgehead atoms. The van der Waals surface area contributed by atoms with Gasteiger partial charge in [-0.25, -0.2) is 0 Å². The van der Waals surface area contributed by atoms with E-state index in [1.807, 2.05) is 56.3 Å². The smallest absolute Gasteiger partial charge is 0.161 e. The van der Waals surface area contributed by atoms with Crippen molar-refractivity contribution in [3.05, 3.63) is 59.2 Å². The van der Waals surface area contributed by atoms with Gasteiger partial charge in [-0.2, -0.15) is 0 Å². The van der Waals surface area contributed by atoms with Crippen molar-refractivity contribution in [3.63, 3.8) is 0 Å². The lowest BCUT2D eigenvalue weighted by Gasteiger charge is -2.14. The highest BCUT2D eigenvalue weighted by Gasteiger charge is 2.09. The molecule has 0 aliphatic rings. The molecule has 2 aromatic carbocycles. The van der Waals surface area contributed by atoms with Crippen molar-refractivity contribution in [2.45, 2.75) is 47.0 Å². The van der Waals surface area contributed by atoms with Crippen LogP contribution in [0.4, 0.5) is 0 Å². The summed E-state index contributed by atoms with van der Waals surface area (Å²) in [7, 11) is 3.17. The number of hydrogen-bond acceptors (Lipinski definition) is 6. The van der Waals surface area contributed by atoms with Crippen molar-refractivity contribution < 1.29 is 23.8 Å². The van der Waals surface area contributed by atoms with E-state index in [1.54, 1.807) is 7.11 Å². The van der Waals surface area contributed by atoms with E-state index in [1.165, 1.54) is 7.11 Å². The average Bonchev–Trinajstić information content (AvgIpc) is 2.80. The maximum atomic E-state index is 6.05. The Bertz CT molecular complexity index is 913. The molecule has 2 aromatic rings. The van der Waals surface area contributed by atoms with E-state index < -0.39 is 0 Å². The fourth-order valence-electron chi connectivity index (χ4n) is 3.40. The highest BCUT2D eigenvalue weighted by Crippen LogP contribution is 2.30. The summed E-state index contributed by atoms with van der Waals surface area (Å²) in [6.45, 7) is 9.86. The third-order valence-corrected chi connectivity index (χ3v) is 5.12. The Balaban J connectivity index is 1.74. The number of rotatable bonds is 14. The standard InChI is InChI=1S/C27H37NO5/c1-7-8-14-31-24-17-20(2)27(21(3)18-24)33-16-11-9-10-15-32-25-13-12-23(19-26(25)29-5)22(4)28-30-6/h7-8,12-13,17-19H,9-11,14-16H2,1-6H3/b8-7+,28-22+. The van der Waals surface area contributed by atoms with Crippen LogP contribution < -0.4 is 18.9 Å². The third-order valence-electron chi connectivity index (χ3n) is 5.12. The Morgan fingerprint density at radius 3 is 2.21 bits per heavy atom. The molecule has 6 heteroatoms. The minimum Gasteiger partial charge on any atom is -0.493 e. The number of oxime groups is 1. The normalized spacial score (nSPS) is 11.5. The third kappa shape index (κ3) is 8.37. The average molecular weight is 456 g/mol. The summed E-state index contributed by atoms with van der Waals surface area (Å²) in [4.78, 5) is 4.84. The SMILES string of the molecule is C/C=C/COc1cc(C)c(OCCCCCOc2ccc(/C(C)=N/OC)cc2OC)c(C)c1. The lowest BCUT2D eigenvalue weighted by molar-refractivity contribution is 0.213. The number of benzene rings is 2. The Morgan fingerprint density at radius 2 is 1.58 bits per heavy atom. The number of unbranched alkanes of at least 4 members (excludes halogenated alkanes) is 2. The molecule has 0 atom stereocenters. The first-order valence-corrected chi connectivity index (χ1v) is 11.4. The summed E-state index contributed by atoms with van der Waals surface area (Å²) in [6, 6.07) is 9.82. The van der Waals surface area contributed by atoms with Gasteiger partial charge in [0.2, 0.25) is 0 Å². The van der Waals surface area contributed by atoms with Crippen LogP contribution in [-0.2, 0) is 4.84 Å². The van der Waals surface area contributed by atoms with E-state index in [9.17, 15) is 0 Å². The van der Waals surface area contributed by atoms with Crippen LogP contribution in [0.15, 0.2) is 47.6 Å². The Labute approximate surface area is 198 Å². The molecule has 0 aromatic heterocycles. The van der Waals surface area contributed by atoms with Gasteiger partial charge < -0.3 is 23.8 Å². The van der Waals surface area contributed by atoms with Crippen molar-refractivity contribution in [1.82, 2.24) is 0 Å². The van der Waals surface area contributed by atoms with Crippen molar-refractivity contribution >= 4 is 5.71 Å². The highest BCUT2D eigenvalue weighted by atomic mass is 16.6. The van der Waals surface area contributed by atoms with Crippen LogP contribution in [0.5, 0.6) is 23.0 Å². The van der Waals surface area contributed by atoms with Gasteiger partial charge in [-0.1, -0.05) is 17.3 Å². The largest absolute Gasteiger partial charge is 0.493 e. The maximum absolute atomic E-state index is 6.05. The molecular formula is C27H37NO5. The van der Waals surface area contributed by atoms with E-state index in [-0.39, 0.29) is 0 Å². The van der Waals surface area contributed by atoms with Gasteiger partial charge in [-0.3, -0.25) is 0 Å². The molecule has 0 fully saturated rings. The molecule has 0 amide bonds. The Morgan fingerprint density at radius 1 is 0.879 bits per heavy atom. The zero-order chi connectivity index (χ0) is 24.1. The minimum atomic E-state index is 0.579. The van der Waals surface area contributed by atoms with Crippen LogP contribution in [0.1, 0.15) is 49.8 Å². The second-order valence-corrected chi connectivity index (χ2v) is 7.75. The van der Waals surface area contributed by atoms with Crippen molar-refractivity contribution in [2.24, 2.45) is 5.16 Å². The molecule has 0 saturated carbocycles. The van der Waals surface area contributed by atoms with E-state index in [0.29, 0.717) is 25.6 Å². The van der Waals surface area contributed by atoms with E-state index in [2.05, 4.69) is 19.0 Å². The van der Waals surface area contributed by atoms with Gasteiger partial charge in [0.1, 0.15) is 25.2 Å². The second-order valence-electron chi connectivity index (χ2n) is 7.75. The molecule has 0 aliphatic heterocycles. The molecule has 0 unspecified atom stereocenters. The highest BCUT2D eigenvalue weighted by molar-refractivity contribution is 5.98. The molecule has 0 N–H and O–H groups in total. The molecule has 6 nitrogen and oxygen atoms in total. The van der Waals surface area contributed by atoms with Gasteiger partial charge in [0.15, 0.2) is 11.5 Å². The van der Waals surface area contributed by atoms with Gasteiger partial charge >= 0.3 is 0 Å². The van der Waals surface area contributed by atoms with Crippen LogP contribution in [0.2, 0.25) is 0 Å². The van der Waals surface area contributed by atoms with Crippen molar-refractivity contribution in [3.8, 4) is 23.0 Å². The van der Waals surface area contributed by atoms with E-state index >= 15 is 0 Å². The first kappa shape index (κ1) is 26.1. The molecule has 0 saturated heterocycles. The molecular weight excluding hydrogens is 418 g/mol. The van der Waals surface area contributed by atoms with Gasteiger partial charge in [0, 0.05) is 5.56 Å². The molecule has 0 heterocycles. The van der Waals surface area contributed by atoms with Crippen LogP contribution in [0, 0.1) is 13.8 Å². The summed E-state index contributed by atoms with van der Waals surface area (Å²) >= 11 is 0. The monoisotopic (exact) mass is 455 g/mol. The van der Waals surface area contributed by atoms with Crippen LogP contribution in [0.25, 0.3) is 0 Å². The number of aryl methyl sites for hydroxylation is 2. The predicted molar refractivity (Wildman–Crippen MR) is 133 cm³/mol. The zero-order valence-corrected chi connectivity index (χ0v) is 20.8. The number of nitrogens with zero attached hydrogens (tertiary/aromatic N) is 1. The Hall–Kier alpha value is -3.15. The fourth-order valence-corrected chi connectivity index (χ4v) is 3.40. The first-order valence-electron chi connectivity index (χ1n) is 11.4. The molecule has 2 rings (SSSR count). The molecule has 0 spiro atoms. The molecule has 180 valence electrons. The summed E-state index contributed by atoms with van der Waals surface area (Å²) in [5.74, 6) is 3.23. The number of hydrogen-bond donors (Lipinski definition) is 0. The second kappa shape index (κ2) is 14.1. The Kier molecular flexibility index (Phi) is 11.1. The maximum Gasteiger partial charge on any atom is 0.161 e. The first-order chi connectivity index (χ1) is 16.0. The zero-order valence-electron chi connectivity index (χ0n) is 20.8. The van der Waals surface area contributed by atoms with Crippen molar-refractivity contribution in [2.75, 3.05) is 34.0 Å². The molecule has 0 radical (unpaired) electrons. The van der Waals surface area contributed by atoms with Gasteiger partial charge in [0.05, 0.1) is 26.0 Å². The lowest BCUT2D eigenvalue weighted by atomic mass is 10.1. The molecule has 0 aliphatic carbocycles. The van der Waals surface area contributed by atoms with Gasteiger partial charge in [-0.15, -0.1) is 0 Å². The number of allylic oxidation sites excluding steroid dienone is 1. The summed E-state index contributed by atoms with van der Waals surface area (Å²) in [6.07, 6.45) is 6.89. The minimum absolute atomic E-state index is 0.579. The summed E-state index contributed by atoms with van der Waals surface area (Å²) in [5, 5.41) is 3.96.